The van der Waals surface area contributed by atoms with Gasteiger partial charge < -0.3 is 9.47 Å². The maximum absolute atomic E-state index is 10.6. The third kappa shape index (κ3) is 3.45. The quantitative estimate of drug-likeness (QED) is 0.788. The molecule has 0 bridgehead atoms. The summed E-state index contributed by atoms with van der Waals surface area (Å²) >= 11 is 5.81. The topological polar surface area (TPSA) is 48.4 Å². The Morgan fingerprint density at radius 2 is 2.00 bits per heavy atom. The van der Waals surface area contributed by atoms with Crippen molar-refractivity contribution in [2.24, 2.45) is 0 Å². The number of aromatic nitrogens is 1. The van der Waals surface area contributed by atoms with E-state index in [4.69, 9.17) is 21.1 Å². The predicted octanol–water partition coefficient (Wildman–Crippen LogP) is 3.14. The highest BCUT2D eigenvalue weighted by Crippen LogP contribution is 2.26. The van der Waals surface area contributed by atoms with E-state index >= 15 is 0 Å². The Morgan fingerprint density at radius 1 is 1.26 bits per heavy atom. The van der Waals surface area contributed by atoms with Crippen molar-refractivity contribution >= 4 is 17.9 Å². The fraction of sp³-hybridized carbons (Fsp3) is 0.143. The molecular formula is C14H12ClNO3. The molecule has 98 valence electrons. The van der Waals surface area contributed by atoms with E-state index in [0.29, 0.717) is 35.1 Å². The molecule has 1 heterocycles. The van der Waals surface area contributed by atoms with Gasteiger partial charge in [0, 0.05) is 11.1 Å². The smallest absolute Gasteiger partial charge is 0.179 e. The summed E-state index contributed by atoms with van der Waals surface area (Å²) in [6, 6.07) is 8.88. The maximum Gasteiger partial charge on any atom is 0.179 e. The Kier molecular flexibility index (Phi) is 4.36. The summed E-state index contributed by atoms with van der Waals surface area (Å²) < 4.78 is 10.8. The molecule has 5 heteroatoms. The summed E-state index contributed by atoms with van der Waals surface area (Å²) in [5, 5.41) is 0.679. The van der Waals surface area contributed by atoms with Crippen LogP contribution in [0.5, 0.6) is 11.5 Å². The van der Waals surface area contributed by atoms with Gasteiger partial charge in [0.1, 0.15) is 12.3 Å². The van der Waals surface area contributed by atoms with Crippen LogP contribution in [-0.4, -0.2) is 18.4 Å². The zero-order valence-electron chi connectivity index (χ0n) is 10.3. The largest absolute Gasteiger partial charge is 0.493 e. The Morgan fingerprint density at radius 3 is 2.63 bits per heavy atom. The lowest BCUT2D eigenvalue weighted by atomic mass is 10.2. The number of rotatable bonds is 5. The van der Waals surface area contributed by atoms with Crippen molar-refractivity contribution in [2.75, 3.05) is 7.11 Å². The van der Waals surface area contributed by atoms with E-state index in [1.165, 1.54) is 19.4 Å². The van der Waals surface area contributed by atoms with E-state index in [-0.39, 0.29) is 0 Å². The number of aldehydes is 1. The standard InChI is InChI=1S/C14H12ClNO3/c1-18-13-6-12(8-17)16-7-14(13)19-9-10-2-4-11(15)5-3-10/h2-8H,9H2,1H3. The lowest BCUT2D eigenvalue weighted by Gasteiger charge is -2.10. The van der Waals surface area contributed by atoms with Crippen LogP contribution in [-0.2, 0) is 6.61 Å². The molecule has 0 fully saturated rings. The molecule has 0 aliphatic heterocycles. The molecule has 0 N–H and O–H groups in total. The summed E-state index contributed by atoms with van der Waals surface area (Å²) in [4.78, 5) is 14.6. The van der Waals surface area contributed by atoms with Crippen LogP contribution in [0.15, 0.2) is 36.5 Å². The molecule has 1 aromatic carbocycles. The maximum atomic E-state index is 10.6. The van der Waals surface area contributed by atoms with Crippen LogP contribution < -0.4 is 9.47 Å². The van der Waals surface area contributed by atoms with Gasteiger partial charge in [-0.05, 0) is 17.7 Å². The van der Waals surface area contributed by atoms with Crippen LogP contribution in [0.4, 0.5) is 0 Å². The first kappa shape index (κ1) is 13.4. The monoisotopic (exact) mass is 277 g/mol. The molecule has 0 saturated carbocycles. The number of carbonyl (C=O) groups is 1. The second kappa shape index (κ2) is 6.20. The second-order valence-corrected chi connectivity index (χ2v) is 4.23. The number of carbonyl (C=O) groups excluding carboxylic acids is 1. The van der Waals surface area contributed by atoms with Crippen molar-refractivity contribution in [3.05, 3.63) is 52.8 Å². The van der Waals surface area contributed by atoms with Gasteiger partial charge in [-0.3, -0.25) is 4.79 Å². The zero-order chi connectivity index (χ0) is 13.7. The van der Waals surface area contributed by atoms with Crippen LogP contribution in [0.1, 0.15) is 16.1 Å². The van der Waals surface area contributed by atoms with Crippen molar-refractivity contribution in [3.63, 3.8) is 0 Å². The highest BCUT2D eigenvalue weighted by molar-refractivity contribution is 6.30. The lowest BCUT2D eigenvalue weighted by molar-refractivity contribution is 0.111. The average molecular weight is 278 g/mol. The fourth-order valence-electron chi connectivity index (χ4n) is 1.51. The Balaban J connectivity index is 2.10. The molecule has 2 aromatic rings. The van der Waals surface area contributed by atoms with Gasteiger partial charge in [-0.15, -0.1) is 0 Å². The number of methoxy groups -OCH3 is 1. The molecule has 0 unspecified atom stereocenters. The van der Waals surface area contributed by atoms with Crippen LogP contribution in [0.25, 0.3) is 0 Å². The molecular weight excluding hydrogens is 266 g/mol. The van der Waals surface area contributed by atoms with Gasteiger partial charge in [0.05, 0.1) is 13.3 Å². The van der Waals surface area contributed by atoms with E-state index in [1.807, 2.05) is 12.1 Å². The summed E-state index contributed by atoms with van der Waals surface area (Å²) in [7, 11) is 1.51. The SMILES string of the molecule is COc1cc(C=O)ncc1OCc1ccc(Cl)cc1. The molecule has 0 aliphatic rings. The van der Waals surface area contributed by atoms with Crippen molar-refractivity contribution in [1.29, 1.82) is 0 Å². The van der Waals surface area contributed by atoms with E-state index in [0.717, 1.165) is 5.56 Å². The minimum absolute atomic E-state index is 0.302. The number of hydrogen-bond acceptors (Lipinski definition) is 4. The summed E-state index contributed by atoms with van der Waals surface area (Å²) in [6.07, 6.45) is 2.13. The highest BCUT2D eigenvalue weighted by Gasteiger charge is 2.07. The molecule has 0 radical (unpaired) electrons. The van der Waals surface area contributed by atoms with Gasteiger partial charge in [-0.2, -0.15) is 0 Å². The molecule has 2 rings (SSSR count). The molecule has 0 saturated heterocycles. The van der Waals surface area contributed by atoms with E-state index in [1.54, 1.807) is 12.1 Å². The average Bonchev–Trinajstić information content (AvgIpc) is 2.46. The minimum Gasteiger partial charge on any atom is -0.493 e. The number of halogens is 1. The van der Waals surface area contributed by atoms with Gasteiger partial charge in [-0.25, -0.2) is 4.98 Å². The Hall–Kier alpha value is -2.07. The van der Waals surface area contributed by atoms with Crippen LogP contribution in [0.3, 0.4) is 0 Å². The summed E-state index contributed by atoms with van der Waals surface area (Å²) in [6.45, 7) is 0.371. The van der Waals surface area contributed by atoms with Gasteiger partial charge in [0.15, 0.2) is 17.8 Å². The minimum atomic E-state index is 0.302. The van der Waals surface area contributed by atoms with E-state index in [2.05, 4.69) is 4.98 Å². The number of ether oxygens (including phenoxy) is 2. The molecule has 0 atom stereocenters. The van der Waals surface area contributed by atoms with Crippen LogP contribution in [0.2, 0.25) is 5.02 Å². The summed E-state index contributed by atoms with van der Waals surface area (Å²) in [5.41, 5.74) is 1.28. The first-order chi connectivity index (χ1) is 9.22. The van der Waals surface area contributed by atoms with E-state index in [9.17, 15) is 4.79 Å². The van der Waals surface area contributed by atoms with Crippen LogP contribution >= 0.6 is 11.6 Å². The summed E-state index contributed by atoms with van der Waals surface area (Å²) in [5.74, 6) is 0.967. The van der Waals surface area contributed by atoms with Crippen LogP contribution in [0, 0.1) is 0 Å². The van der Waals surface area contributed by atoms with Crippen molar-refractivity contribution < 1.29 is 14.3 Å². The number of benzene rings is 1. The van der Waals surface area contributed by atoms with Crippen molar-refractivity contribution in [2.45, 2.75) is 6.61 Å². The first-order valence-corrected chi connectivity index (χ1v) is 5.97. The zero-order valence-corrected chi connectivity index (χ0v) is 11.1. The molecule has 4 nitrogen and oxygen atoms in total. The van der Waals surface area contributed by atoms with Gasteiger partial charge in [-0.1, -0.05) is 23.7 Å². The molecule has 0 amide bonds. The highest BCUT2D eigenvalue weighted by atomic mass is 35.5. The normalized spacial score (nSPS) is 10.0. The van der Waals surface area contributed by atoms with Crippen molar-refractivity contribution in [3.8, 4) is 11.5 Å². The second-order valence-electron chi connectivity index (χ2n) is 3.79. The third-order valence-electron chi connectivity index (χ3n) is 2.50. The fourth-order valence-corrected chi connectivity index (χ4v) is 1.64. The third-order valence-corrected chi connectivity index (χ3v) is 2.75. The van der Waals surface area contributed by atoms with Crippen molar-refractivity contribution in [1.82, 2.24) is 4.98 Å². The number of hydrogen-bond donors (Lipinski definition) is 0. The molecule has 0 spiro atoms. The Bertz CT molecular complexity index is 569. The van der Waals surface area contributed by atoms with Gasteiger partial charge in [0.25, 0.3) is 0 Å². The molecule has 19 heavy (non-hydrogen) atoms. The number of nitrogens with zero attached hydrogens (tertiary/aromatic N) is 1. The predicted molar refractivity (Wildman–Crippen MR) is 72.0 cm³/mol. The Labute approximate surface area is 115 Å². The van der Waals surface area contributed by atoms with Gasteiger partial charge in [0.2, 0.25) is 0 Å². The number of pyridine rings is 1. The molecule has 0 aliphatic carbocycles. The lowest BCUT2D eigenvalue weighted by Crippen LogP contribution is -1.99. The molecule has 1 aromatic heterocycles. The first-order valence-electron chi connectivity index (χ1n) is 5.59. The van der Waals surface area contributed by atoms with Gasteiger partial charge >= 0.3 is 0 Å². The van der Waals surface area contributed by atoms with E-state index < -0.39 is 0 Å².